The summed E-state index contributed by atoms with van der Waals surface area (Å²) in [4.78, 5) is 12.8. The number of alkyl halides is 1. The molecule has 0 radical (unpaired) electrons. The van der Waals surface area contributed by atoms with Crippen LogP contribution in [0.15, 0.2) is 37.2 Å². The lowest BCUT2D eigenvalue weighted by Gasteiger charge is -2.10. The van der Waals surface area contributed by atoms with Crippen LogP contribution in [0.2, 0.25) is 0 Å². The molecule has 6 heteroatoms. The second-order valence-corrected chi connectivity index (χ2v) is 5.76. The van der Waals surface area contributed by atoms with Gasteiger partial charge < -0.3 is 9.13 Å². The normalized spacial score (nSPS) is 12.9. The first-order chi connectivity index (χ1) is 10.3. The third kappa shape index (κ3) is 3.08. The first-order valence-corrected chi connectivity index (χ1v) is 7.59. The predicted octanol–water partition coefficient (Wildman–Crippen LogP) is 3.41. The van der Waals surface area contributed by atoms with E-state index in [1.165, 1.54) is 0 Å². The number of aromatic nitrogens is 5. The maximum absolute atomic E-state index is 6.26. The van der Waals surface area contributed by atoms with Gasteiger partial charge >= 0.3 is 0 Å². The van der Waals surface area contributed by atoms with Crippen LogP contribution in [0.5, 0.6) is 0 Å². The Bertz CT molecular complexity index is 702. The topological polar surface area (TPSA) is 48.5 Å². The van der Waals surface area contributed by atoms with Gasteiger partial charge in [0, 0.05) is 31.7 Å². The van der Waals surface area contributed by atoms with Gasteiger partial charge in [0.1, 0.15) is 11.3 Å². The van der Waals surface area contributed by atoms with E-state index in [-0.39, 0.29) is 5.38 Å². The Hall–Kier alpha value is -1.88. The zero-order valence-corrected chi connectivity index (χ0v) is 12.7. The molecule has 0 N–H and O–H groups in total. The van der Waals surface area contributed by atoms with Gasteiger partial charge in [0.15, 0.2) is 0 Å². The molecule has 3 aromatic heterocycles. The van der Waals surface area contributed by atoms with E-state index >= 15 is 0 Å². The summed E-state index contributed by atoms with van der Waals surface area (Å²) < 4.78 is 4.31. The van der Waals surface area contributed by atoms with Gasteiger partial charge in [-0.1, -0.05) is 0 Å². The van der Waals surface area contributed by atoms with Crippen molar-refractivity contribution in [3.63, 3.8) is 0 Å². The minimum absolute atomic E-state index is 0.106. The molecule has 0 bridgehead atoms. The number of halogens is 1. The van der Waals surface area contributed by atoms with Crippen LogP contribution in [0.1, 0.15) is 31.0 Å². The van der Waals surface area contributed by atoms with Crippen molar-refractivity contribution in [2.75, 3.05) is 0 Å². The van der Waals surface area contributed by atoms with Crippen LogP contribution < -0.4 is 0 Å². The highest BCUT2D eigenvalue weighted by atomic mass is 35.5. The Morgan fingerprint density at radius 3 is 2.81 bits per heavy atom. The maximum Gasteiger partial charge on any atom is 0.127 e. The Morgan fingerprint density at radius 2 is 2.05 bits per heavy atom. The van der Waals surface area contributed by atoms with E-state index in [0.717, 1.165) is 42.8 Å². The highest BCUT2D eigenvalue weighted by Crippen LogP contribution is 2.24. The number of nitrogens with zero attached hydrogens (tertiary/aromatic N) is 5. The molecule has 0 aliphatic rings. The lowest BCUT2D eigenvalue weighted by Crippen LogP contribution is -2.06. The summed E-state index contributed by atoms with van der Waals surface area (Å²) in [6.07, 6.45) is 11.4. The summed E-state index contributed by atoms with van der Waals surface area (Å²) >= 11 is 6.26. The van der Waals surface area contributed by atoms with Crippen molar-refractivity contribution in [3.05, 3.63) is 43.0 Å². The third-order valence-electron chi connectivity index (χ3n) is 3.54. The molecular formula is C15H18ClN5. The molecule has 3 aromatic rings. The summed E-state index contributed by atoms with van der Waals surface area (Å²) in [6, 6.07) is 2.00. The zero-order chi connectivity index (χ0) is 14.7. The van der Waals surface area contributed by atoms with Crippen molar-refractivity contribution in [1.29, 1.82) is 0 Å². The Labute approximate surface area is 128 Å². The lowest BCUT2D eigenvalue weighted by molar-refractivity contribution is 0.548. The summed E-state index contributed by atoms with van der Waals surface area (Å²) in [5.74, 6) is 0.919. The third-order valence-corrected chi connectivity index (χ3v) is 3.74. The molecule has 0 aliphatic carbocycles. The average molecular weight is 304 g/mol. The molecule has 5 nitrogen and oxygen atoms in total. The van der Waals surface area contributed by atoms with Crippen LogP contribution in [-0.2, 0) is 13.1 Å². The molecule has 0 fully saturated rings. The van der Waals surface area contributed by atoms with Gasteiger partial charge in [-0.05, 0) is 25.8 Å². The minimum Gasteiger partial charge on any atom is -0.337 e. The van der Waals surface area contributed by atoms with E-state index < -0.39 is 0 Å². The molecule has 0 aromatic carbocycles. The zero-order valence-electron chi connectivity index (χ0n) is 12.0. The second kappa shape index (κ2) is 6.26. The average Bonchev–Trinajstić information content (AvgIpc) is 3.11. The maximum atomic E-state index is 6.26. The van der Waals surface area contributed by atoms with E-state index in [1.54, 1.807) is 12.4 Å². The van der Waals surface area contributed by atoms with Crippen molar-refractivity contribution >= 4 is 22.6 Å². The second-order valence-electron chi connectivity index (χ2n) is 5.11. The Kier molecular flexibility index (Phi) is 4.20. The Balaban J connectivity index is 1.71. The molecule has 110 valence electrons. The van der Waals surface area contributed by atoms with E-state index in [1.807, 2.05) is 31.7 Å². The summed E-state index contributed by atoms with van der Waals surface area (Å²) in [6.45, 7) is 3.86. The molecule has 0 amide bonds. The number of aryl methyl sites for hydroxylation is 2. The van der Waals surface area contributed by atoms with Gasteiger partial charge in [0.05, 0.1) is 23.4 Å². The number of unbranched alkanes of at least 4 members (excludes halogenated alkanes) is 1. The first-order valence-electron chi connectivity index (χ1n) is 7.15. The van der Waals surface area contributed by atoms with Gasteiger partial charge in [-0.3, -0.25) is 4.98 Å². The summed E-state index contributed by atoms with van der Waals surface area (Å²) in [7, 11) is 0. The number of imidazole rings is 2. The highest BCUT2D eigenvalue weighted by Gasteiger charge is 2.14. The monoisotopic (exact) mass is 303 g/mol. The van der Waals surface area contributed by atoms with Crippen LogP contribution in [0.25, 0.3) is 11.0 Å². The van der Waals surface area contributed by atoms with Gasteiger partial charge in [-0.2, -0.15) is 0 Å². The van der Waals surface area contributed by atoms with Gasteiger partial charge in [0.25, 0.3) is 0 Å². The smallest absolute Gasteiger partial charge is 0.127 e. The van der Waals surface area contributed by atoms with Crippen molar-refractivity contribution in [1.82, 2.24) is 24.1 Å². The predicted molar refractivity (Wildman–Crippen MR) is 83.3 cm³/mol. The van der Waals surface area contributed by atoms with Crippen LogP contribution in [-0.4, -0.2) is 24.1 Å². The van der Waals surface area contributed by atoms with Gasteiger partial charge in [0.2, 0.25) is 0 Å². The standard InChI is InChI=1S/C15H18ClN5/c1-12(16)15-19-13-10-17-5-4-14(13)21(15)8-3-2-7-20-9-6-18-11-20/h4-6,9-12H,2-3,7-8H2,1H3. The number of rotatable bonds is 6. The fourth-order valence-electron chi connectivity index (χ4n) is 2.52. The molecule has 3 rings (SSSR count). The molecule has 1 atom stereocenters. The number of hydrogen-bond acceptors (Lipinski definition) is 3. The molecular weight excluding hydrogens is 286 g/mol. The van der Waals surface area contributed by atoms with Gasteiger partial charge in [-0.15, -0.1) is 11.6 Å². The molecule has 21 heavy (non-hydrogen) atoms. The van der Waals surface area contributed by atoms with Crippen molar-refractivity contribution in [3.8, 4) is 0 Å². The molecule has 0 saturated carbocycles. The Morgan fingerprint density at radius 1 is 1.19 bits per heavy atom. The largest absolute Gasteiger partial charge is 0.337 e. The lowest BCUT2D eigenvalue weighted by atomic mass is 10.3. The highest BCUT2D eigenvalue weighted by molar-refractivity contribution is 6.20. The van der Waals surface area contributed by atoms with Crippen LogP contribution in [0.4, 0.5) is 0 Å². The quantitative estimate of drug-likeness (QED) is 0.518. The molecule has 0 spiro atoms. The van der Waals surface area contributed by atoms with E-state index in [9.17, 15) is 0 Å². The summed E-state index contributed by atoms with van der Waals surface area (Å²) in [5, 5.41) is -0.106. The van der Waals surface area contributed by atoms with Crippen LogP contribution in [0, 0.1) is 0 Å². The van der Waals surface area contributed by atoms with E-state index in [4.69, 9.17) is 11.6 Å². The number of fused-ring (bicyclic) bond motifs is 1. The van der Waals surface area contributed by atoms with Crippen molar-refractivity contribution in [2.24, 2.45) is 0 Å². The summed E-state index contributed by atoms with van der Waals surface area (Å²) in [5.41, 5.74) is 2.02. The fraction of sp³-hybridized carbons (Fsp3) is 0.400. The van der Waals surface area contributed by atoms with Crippen LogP contribution in [0.3, 0.4) is 0 Å². The van der Waals surface area contributed by atoms with E-state index in [0.29, 0.717) is 0 Å². The molecule has 1 unspecified atom stereocenters. The van der Waals surface area contributed by atoms with Gasteiger partial charge in [-0.25, -0.2) is 9.97 Å². The van der Waals surface area contributed by atoms with Crippen molar-refractivity contribution in [2.45, 2.75) is 38.2 Å². The SMILES string of the molecule is CC(Cl)c1nc2cnccc2n1CCCCn1ccnc1. The fourth-order valence-corrected chi connectivity index (χ4v) is 2.69. The molecule has 0 saturated heterocycles. The van der Waals surface area contributed by atoms with E-state index in [2.05, 4.69) is 24.1 Å². The number of hydrogen-bond donors (Lipinski definition) is 0. The first kappa shape index (κ1) is 14.1. The number of pyridine rings is 1. The van der Waals surface area contributed by atoms with Crippen LogP contribution >= 0.6 is 11.6 Å². The molecule has 0 aliphatic heterocycles. The molecule has 3 heterocycles. The van der Waals surface area contributed by atoms with Crippen molar-refractivity contribution < 1.29 is 0 Å². The minimum atomic E-state index is -0.106.